The average molecular weight is 296 g/mol. The molecular weight excluding hydrogens is 260 g/mol. The monoisotopic (exact) mass is 296 g/mol. The van der Waals surface area contributed by atoms with E-state index in [0.29, 0.717) is 12.1 Å². The third-order valence-electron chi connectivity index (χ3n) is 4.86. The molecule has 1 heterocycles. The Kier molecular flexibility index (Phi) is 7.72. The van der Waals surface area contributed by atoms with Crippen molar-refractivity contribution in [3.8, 4) is 0 Å². The summed E-state index contributed by atoms with van der Waals surface area (Å²) in [4.78, 5) is 14.1. The maximum Gasteiger partial charge on any atom is 0.239 e. The molecule has 1 amide bonds. The normalized spacial score (nSPS) is 29.7. The molecule has 2 aliphatic rings. The topological polar surface area (TPSA) is 46.3 Å². The molecule has 4 atom stereocenters. The van der Waals surface area contributed by atoms with Gasteiger partial charge >= 0.3 is 0 Å². The fraction of sp³-hybridized carbons (Fsp3) is 0.944. The minimum Gasteiger partial charge on any atom is -0.335 e. The molecule has 1 aliphatic heterocycles. The van der Waals surface area contributed by atoms with Gasteiger partial charge < -0.3 is 10.6 Å². The molecule has 2 rings (SSSR count). The zero-order chi connectivity index (χ0) is 16.0. The molecule has 2 fully saturated rings. The van der Waals surface area contributed by atoms with Gasteiger partial charge in [0, 0.05) is 12.1 Å². The highest BCUT2D eigenvalue weighted by molar-refractivity contribution is 5.82. The molecule has 3 heteroatoms. The Morgan fingerprint density at radius 2 is 1.86 bits per heavy atom. The second-order valence-corrected chi connectivity index (χ2v) is 7.41. The Hall–Kier alpha value is -0.570. The number of hydrogen-bond acceptors (Lipinski definition) is 2. The Labute approximate surface area is 131 Å². The lowest BCUT2D eigenvalue weighted by atomic mass is 9.85. The Balaban J connectivity index is 0.000000315. The minimum absolute atomic E-state index is 0.150. The smallest absolute Gasteiger partial charge is 0.239 e. The van der Waals surface area contributed by atoms with Crippen molar-refractivity contribution < 1.29 is 4.79 Å². The molecule has 1 aliphatic carbocycles. The lowest BCUT2D eigenvalue weighted by Crippen LogP contribution is -2.48. The number of nitrogens with zero attached hydrogens (tertiary/aromatic N) is 1. The molecule has 124 valence electrons. The zero-order valence-corrected chi connectivity index (χ0v) is 14.8. The maximum atomic E-state index is 12.0. The zero-order valence-electron chi connectivity index (χ0n) is 14.8. The van der Waals surface area contributed by atoms with E-state index in [0.717, 1.165) is 11.8 Å². The van der Waals surface area contributed by atoms with Crippen LogP contribution in [0.2, 0.25) is 0 Å². The fourth-order valence-corrected chi connectivity index (χ4v) is 3.90. The van der Waals surface area contributed by atoms with Crippen LogP contribution >= 0.6 is 0 Å². The average Bonchev–Trinajstić information content (AvgIpc) is 2.74. The van der Waals surface area contributed by atoms with E-state index >= 15 is 0 Å². The number of nitrogens with two attached hydrogens (primary N) is 1. The van der Waals surface area contributed by atoms with Crippen LogP contribution < -0.4 is 5.73 Å². The predicted octanol–water partition coefficient (Wildman–Crippen LogP) is 3.96. The molecule has 0 spiro atoms. The molecular formula is C18H36N2O. The molecule has 21 heavy (non-hydrogen) atoms. The van der Waals surface area contributed by atoms with Gasteiger partial charge in [0.05, 0.1) is 6.04 Å². The maximum absolute atomic E-state index is 12.0. The van der Waals surface area contributed by atoms with Gasteiger partial charge in [-0.2, -0.15) is 0 Å². The third kappa shape index (κ3) is 5.28. The summed E-state index contributed by atoms with van der Waals surface area (Å²) in [5.41, 5.74) is 5.71. The van der Waals surface area contributed by atoms with Crippen LogP contribution in [0.5, 0.6) is 0 Å². The van der Waals surface area contributed by atoms with Crippen LogP contribution in [-0.2, 0) is 4.79 Å². The first-order chi connectivity index (χ1) is 9.88. The van der Waals surface area contributed by atoms with Crippen molar-refractivity contribution in [3.63, 3.8) is 0 Å². The van der Waals surface area contributed by atoms with Crippen molar-refractivity contribution in [2.24, 2.45) is 17.6 Å². The molecule has 1 saturated heterocycles. The number of amides is 1. The van der Waals surface area contributed by atoms with Gasteiger partial charge in [0.1, 0.15) is 0 Å². The molecule has 0 aromatic rings. The number of carbonyl (C=O) groups excluding carboxylic acids is 1. The van der Waals surface area contributed by atoms with Crippen molar-refractivity contribution in [2.45, 2.75) is 97.7 Å². The second-order valence-electron chi connectivity index (χ2n) is 7.41. The summed E-state index contributed by atoms with van der Waals surface area (Å²) in [6.45, 7) is 10.7. The van der Waals surface area contributed by atoms with E-state index in [4.69, 9.17) is 5.73 Å². The Bertz CT molecular complexity index is 314. The van der Waals surface area contributed by atoms with Crippen molar-refractivity contribution in [1.29, 1.82) is 0 Å². The summed E-state index contributed by atoms with van der Waals surface area (Å²) >= 11 is 0. The highest BCUT2D eigenvalue weighted by atomic mass is 16.2. The Morgan fingerprint density at radius 3 is 2.33 bits per heavy atom. The summed E-state index contributed by atoms with van der Waals surface area (Å²) in [7, 11) is 0. The van der Waals surface area contributed by atoms with E-state index in [2.05, 4.69) is 32.6 Å². The standard InChI is InChI=1S/C12H22N2O.C6H14/c1-8-7-10-5-3-4-6-11(10)14(8)12(15)9(2)13;1-4-5-6(2)3/h8-11H,3-7,13H2,1-2H3;6H,4-5H2,1-3H3/t8-,9+,10+,11+;/m1./s1. The quantitative estimate of drug-likeness (QED) is 0.857. The van der Waals surface area contributed by atoms with Gasteiger partial charge in [-0.05, 0) is 44.9 Å². The molecule has 0 aromatic heterocycles. The van der Waals surface area contributed by atoms with Gasteiger partial charge in [-0.15, -0.1) is 0 Å². The number of likely N-dealkylation sites (tertiary alicyclic amines) is 1. The van der Waals surface area contributed by atoms with Crippen LogP contribution in [-0.4, -0.2) is 28.9 Å². The highest BCUT2D eigenvalue weighted by Crippen LogP contribution is 2.39. The van der Waals surface area contributed by atoms with Gasteiger partial charge in [0.25, 0.3) is 0 Å². The fourth-order valence-electron chi connectivity index (χ4n) is 3.90. The first-order valence-corrected chi connectivity index (χ1v) is 8.96. The molecule has 3 nitrogen and oxygen atoms in total. The summed E-state index contributed by atoms with van der Waals surface area (Å²) < 4.78 is 0. The van der Waals surface area contributed by atoms with E-state index < -0.39 is 0 Å². The molecule has 1 saturated carbocycles. The number of hydrogen-bond donors (Lipinski definition) is 1. The minimum atomic E-state index is -0.340. The SMILES string of the molecule is CCCC(C)C.C[C@H](N)C(=O)N1[C@H](C)C[C@@H]2CCCC[C@@H]21. The summed E-state index contributed by atoms with van der Waals surface area (Å²) in [5, 5.41) is 0. The van der Waals surface area contributed by atoms with Crippen molar-refractivity contribution in [1.82, 2.24) is 4.90 Å². The van der Waals surface area contributed by atoms with Gasteiger partial charge in [-0.1, -0.05) is 46.5 Å². The predicted molar refractivity (Wildman–Crippen MR) is 90.1 cm³/mol. The van der Waals surface area contributed by atoms with Gasteiger partial charge in [0.2, 0.25) is 5.91 Å². The highest BCUT2D eigenvalue weighted by Gasteiger charge is 2.42. The first kappa shape index (κ1) is 18.5. The summed E-state index contributed by atoms with van der Waals surface area (Å²) in [6, 6.07) is 0.553. The van der Waals surface area contributed by atoms with Crippen LogP contribution in [0.3, 0.4) is 0 Å². The Morgan fingerprint density at radius 1 is 1.24 bits per heavy atom. The van der Waals surface area contributed by atoms with Crippen LogP contribution in [0.1, 0.15) is 79.6 Å². The molecule has 0 bridgehead atoms. The van der Waals surface area contributed by atoms with E-state index in [1.54, 1.807) is 6.92 Å². The van der Waals surface area contributed by atoms with Crippen molar-refractivity contribution in [3.05, 3.63) is 0 Å². The molecule has 2 N–H and O–H groups in total. The van der Waals surface area contributed by atoms with Gasteiger partial charge in [-0.25, -0.2) is 0 Å². The number of fused-ring (bicyclic) bond motifs is 1. The van der Waals surface area contributed by atoms with Crippen LogP contribution in [0.25, 0.3) is 0 Å². The van der Waals surface area contributed by atoms with Crippen LogP contribution in [0.15, 0.2) is 0 Å². The lowest BCUT2D eigenvalue weighted by molar-refractivity contribution is -0.135. The second kappa shape index (κ2) is 8.77. The lowest BCUT2D eigenvalue weighted by Gasteiger charge is -2.34. The summed E-state index contributed by atoms with van der Waals surface area (Å²) in [5.74, 6) is 1.79. The van der Waals surface area contributed by atoms with Crippen molar-refractivity contribution in [2.75, 3.05) is 0 Å². The molecule has 0 radical (unpaired) electrons. The molecule has 0 aromatic carbocycles. The third-order valence-corrected chi connectivity index (χ3v) is 4.86. The first-order valence-electron chi connectivity index (χ1n) is 8.96. The largest absolute Gasteiger partial charge is 0.335 e. The van der Waals surface area contributed by atoms with Gasteiger partial charge in [0.15, 0.2) is 0 Å². The van der Waals surface area contributed by atoms with Crippen LogP contribution in [0, 0.1) is 11.8 Å². The number of carbonyl (C=O) groups is 1. The van der Waals surface area contributed by atoms with E-state index in [-0.39, 0.29) is 11.9 Å². The van der Waals surface area contributed by atoms with E-state index in [1.807, 2.05) is 0 Å². The van der Waals surface area contributed by atoms with Crippen molar-refractivity contribution >= 4 is 5.91 Å². The summed E-state index contributed by atoms with van der Waals surface area (Å²) in [6.07, 6.45) is 9.00. The number of rotatable bonds is 3. The van der Waals surface area contributed by atoms with Crippen LogP contribution in [0.4, 0.5) is 0 Å². The van der Waals surface area contributed by atoms with E-state index in [9.17, 15) is 4.79 Å². The van der Waals surface area contributed by atoms with E-state index in [1.165, 1.54) is 44.9 Å². The van der Waals surface area contributed by atoms with Gasteiger partial charge in [-0.3, -0.25) is 4.79 Å². The molecule has 0 unspecified atom stereocenters.